The maximum atomic E-state index is 11.9. The van der Waals surface area contributed by atoms with Gasteiger partial charge in [-0.05, 0) is 29.0 Å². The van der Waals surface area contributed by atoms with Crippen LogP contribution in [0.4, 0.5) is 0 Å². The number of carbonyl (C=O) groups excluding carboxylic acids is 1. The summed E-state index contributed by atoms with van der Waals surface area (Å²) in [6.45, 7) is 19.2. The second-order valence-corrected chi connectivity index (χ2v) is 12.4. The fourth-order valence-corrected chi connectivity index (χ4v) is 7.22. The minimum absolute atomic E-state index is 0.0649. The van der Waals surface area contributed by atoms with Gasteiger partial charge < -0.3 is 4.43 Å². The molecule has 20 heavy (non-hydrogen) atoms. The molecule has 0 saturated carbocycles. The highest BCUT2D eigenvalue weighted by molar-refractivity contribution is 6.78. The zero-order chi connectivity index (χ0) is 16.0. The van der Waals surface area contributed by atoms with Crippen molar-refractivity contribution in [1.82, 2.24) is 0 Å². The molecule has 0 rings (SSSR count). The smallest absolute Gasteiger partial charge is 0.316 e. The van der Waals surface area contributed by atoms with Gasteiger partial charge >= 0.3 is 5.97 Å². The summed E-state index contributed by atoms with van der Waals surface area (Å²) in [6, 6.07) is 2.11. The van der Waals surface area contributed by atoms with Crippen LogP contribution in [-0.2, 0) is 9.22 Å². The second kappa shape index (κ2) is 8.01. The van der Waals surface area contributed by atoms with E-state index in [1.165, 1.54) is 6.08 Å². The van der Waals surface area contributed by atoms with E-state index in [1.54, 1.807) is 0 Å². The van der Waals surface area contributed by atoms with Gasteiger partial charge in [0.1, 0.15) is 0 Å². The fourth-order valence-electron chi connectivity index (χ4n) is 2.41. The molecular weight excluding hydrogens is 264 g/mol. The van der Waals surface area contributed by atoms with Gasteiger partial charge in [0.2, 0.25) is 0 Å². The van der Waals surface area contributed by atoms with Crippen LogP contribution in [-0.4, -0.2) is 14.3 Å². The molecule has 0 aromatic heterocycles. The number of carbonyl (C=O) groups is 1. The van der Waals surface area contributed by atoms with Gasteiger partial charge in [0.05, 0.1) is 0 Å². The van der Waals surface area contributed by atoms with Crippen LogP contribution in [0.5, 0.6) is 0 Å². The van der Waals surface area contributed by atoms with Gasteiger partial charge in [-0.25, -0.2) is 4.79 Å². The van der Waals surface area contributed by atoms with Gasteiger partial charge in [-0.15, -0.1) is 0 Å². The molecule has 0 atom stereocenters. The van der Waals surface area contributed by atoms with Crippen molar-refractivity contribution in [2.24, 2.45) is 11.8 Å². The van der Waals surface area contributed by atoms with E-state index in [2.05, 4.69) is 55.0 Å². The lowest BCUT2D eigenvalue weighted by Crippen LogP contribution is -2.48. The molecular formula is C17H34O2Si. The standard InChI is InChI=1S/C17H34O2Si/c1-9-16(18)19-20(17(6,7)8,12-10-14(2)3)13-11-15(4)5/h9,14-15H,1,10-13H2,2-8H3. The van der Waals surface area contributed by atoms with Crippen LogP contribution in [0.3, 0.4) is 0 Å². The molecule has 0 N–H and O–H groups in total. The van der Waals surface area contributed by atoms with Gasteiger partial charge in [0, 0.05) is 6.08 Å². The lowest BCUT2D eigenvalue weighted by molar-refractivity contribution is -0.130. The van der Waals surface area contributed by atoms with Crippen molar-refractivity contribution < 1.29 is 9.22 Å². The molecule has 0 aliphatic rings. The van der Waals surface area contributed by atoms with Crippen LogP contribution < -0.4 is 0 Å². The first kappa shape index (κ1) is 19.4. The molecule has 0 amide bonds. The van der Waals surface area contributed by atoms with Crippen molar-refractivity contribution >= 4 is 14.3 Å². The van der Waals surface area contributed by atoms with E-state index >= 15 is 0 Å². The Balaban J connectivity index is 5.27. The van der Waals surface area contributed by atoms with Crippen molar-refractivity contribution in [2.75, 3.05) is 0 Å². The zero-order valence-electron chi connectivity index (χ0n) is 14.6. The van der Waals surface area contributed by atoms with E-state index in [1.807, 2.05) is 0 Å². The van der Waals surface area contributed by atoms with Crippen molar-refractivity contribution in [2.45, 2.75) is 78.4 Å². The molecule has 0 radical (unpaired) electrons. The Labute approximate surface area is 127 Å². The zero-order valence-corrected chi connectivity index (χ0v) is 15.6. The monoisotopic (exact) mass is 298 g/mol. The first-order valence-corrected chi connectivity index (χ1v) is 10.2. The highest BCUT2D eigenvalue weighted by Gasteiger charge is 2.48. The molecule has 0 saturated heterocycles. The molecule has 2 nitrogen and oxygen atoms in total. The largest absolute Gasteiger partial charge is 0.515 e. The Morgan fingerprint density at radius 1 is 1.10 bits per heavy atom. The van der Waals surface area contributed by atoms with E-state index in [4.69, 9.17) is 4.43 Å². The SMILES string of the molecule is C=CC(=O)O[Si](CCC(C)C)(CCC(C)C)C(C)(C)C. The van der Waals surface area contributed by atoms with Crippen LogP contribution in [0.1, 0.15) is 61.3 Å². The van der Waals surface area contributed by atoms with Gasteiger partial charge in [0.25, 0.3) is 8.32 Å². The predicted molar refractivity (Wildman–Crippen MR) is 90.3 cm³/mol. The maximum absolute atomic E-state index is 11.9. The molecule has 0 aliphatic heterocycles. The molecule has 0 spiro atoms. The van der Waals surface area contributed by atoms with Gasteiger partial charge in [-0.2, -0.15) is 0 Å². The average molecular weight is 299 g/mol. The summed E-state index contributed by atoms with van der Waals surface area (Å²) in [7, 11) is -2.13. The molecule has 0 unspecified atom stereocenters. The number of hydrogen-bond acceptors (Lipinski definition) is 2. The molecule has 0 fully saturated rings. The highest BCUT2D eigenvalue weighted by atomic mass is 28.4. The molecule has 0 aromatic carbocycles. The third-order valence-corrected chi connectivity index (χ3v) is 9.60. The lowest BCUT2D eigenvalue weighted by atomic mass is 10.2. The first-order valence-electron chi connectivity index (χ1n) is 7.89. The Hall–Kier alpha value is -0.573. The van der Waals surface area contributed by atoms with E-state index in [9.17, 15) is 4.79 Å². The van der Waals surface area contributed by atoms with Gasteiger partial charge in [-0.3, -0.25) is 0 Å². The van der Waals surface area contributed by atoms with Crippen LogP contribution >= 0.6 is 0 Å². The second-order valence-electron chi connectivity index (χ2n) is 7.73. The first-order chi connectivity index (χ1) is 9.04. The Kier molecular flexibility index (Phi) is 7.78. The Bertz CT molecular complexity index is 301. The van der Waals surface area contributed by atoms with Crippen LogP contribution in [0, 0.1) is 11.8 Å². The van der Waals surface area contributed by atoms with E-state index in [-0.39, 0.29) is 11.0 Å². The summed E-state index contributed by atoms with van der Waals surface area (Å²) in [6.07, 6.45) is 3.58. The van der Waals surface area contributed by atoms with Gasteiger partial charge in [-0.1, -0.05) is 67.9 Å². The summed E-state index contributed by atoms with van der Waals surface area (Å²) < 4.78 is 6.03. The fraction of sp³-hybridized carbons (Fsp3) is 0.824. The third-order valence-electron chi connectivity index (χ3n) is 4.08. The minimum Gasteiger partial charge on any atom is -0.515 e. The van der Waals surface area contributed by atoms with Gasteiger partial charge in [0.15, 0.2) is 0 Å². The van der Waals surface area contributed by atoms with Crippen LogP contribution in [0.25, 0.3) is 0 Å². The quantitative estimate of drug-likeness (QED) is 0.433. The average Bonchev–Trinajstić information content (AvgIpc) is 2.30. The molecule has 0 aliphatic carbocycles. The number of rotatable bonds is 8. The summed E-state index contributed by atoms with van der Waals surface area (Å²) in [5, 5.41) is 0.0649. The van der Waals surface area contributed by atoms with Crippen molar-refractivity contribution in [3.05, 3.63) is 12.7 Å². The Morgan fingerprint density at radius 3 is 1.75 bits per heavy atom. The lowest BCUT2D eigenvalue weighted by Gasteiger charge is -2.42. The van der Waals surface area contributed by atoms with E-state index < -0.39 is 8.32 Å². The van der Waals surface area contributed by atoms with E-state index in [0.29, 0.717) is 11.8 Å². The molecule has 0 bridgehead atoms. The Morgan fingerprint density at radius 2 is 1.50 bits per heavy atom. The van der Waals surface area contributed by atoms with Crippen molar-refractivity contribution in [1.29, 1.82) is 0 Å². The predicted octanol–water partition coefficient (Wildman–Crippen LogP) is 5.55. The topological polar surface area (TPSA) is 26.3 Å². The maximum Gasteiger partial charge on any atom is 0.316 e. The van der Waals surface area contributed by atoms with Crippen LogP contribution in [0.2, 0.25) is 17.1 Å². The normalized spacial score (nSPS) is 12.8. The van der Waals surface area contributed by atoms with E-state index in [0.717, 1.165) is 24.9 Å². The van der Waals surface area contributed by atoms with Crippen LogP contribution in [0.15, 0.2) is 12.7 Å². The molecule has 0 aromatic rings. The summed E-state index contributed by atoms with van der Waals surface area (Å²) in [5.74, 6) is 1.05. The summed E-state index contributed by atoms with van der Waals surface area (Å²) >= 11 is 0. The van der Waals surface area contributed by atoms with Crippen molar-refractivity contribution in [3.63, 3.8) is 0 Å². The summed E-state index contributed by atoms with van der Waals surface area (Å²) in [5.41, 5.74) is 0. The minimum atomic E-state index is -2.13. The highest BCUT2D eigenvalue weighted by Crippen LogP contribution is 2.45. The molecule has 3 heteroatoms. The third kappa shape index (κ3) is 6.25. The summed E-state index contributed by atoms with van der Waals surface area (Å²) in [4.78, 5) is 11.9. The molecule has 0 heterocycles. The molecule has 118 valence electrons. The number of hydrogen-bond donors (Lipinski definition) is 0. The van der Waals surface area contributed by atoms with Crippen molar-refractivity contribution in [3.8, 4) is 0 Å².